The van der Waals surface area contributed by atoms with E-state index in [9.17, 15) is 0 Å². The molecule has 0 N–H and O–H groups in total. The highest BCUT2D eigenvalue weighted by atomic mass is 14.2. The second kappa shape index (κ2) is 53.1. The predicted molar refractivity (Wildman–Crippen MR) is 269 cm³/mol. The van der Waals surface area contributed by atoms with Crippen molar-refractivity contribution in [3.05, 3.63) is 6.42 Å². The van der Waals surface area contributed by atoms with E-state index in [-0.39, 0.29) is 0 Å². The molecule has 0 rings (SSSR count). The highest BCUT2D eigenvalue weighted by Crippen LogP contribution is 2.26. The van der Waals surface area contributed by atoms with Gasteiger partial charge in [0.15, 0.2) is 0 Å². The second-order valence-electron chi connectivity index (χ2n) is 20.3. The molecule has 0 heteroatoms. The Balaban J connectivity index is 3.95. The highest BCUT2D eigenvalue weighted by molar-refractivity contribution is 4.68. The molecule has 349 valence electrons. The lowest BCUT2D eigenvalue weighted by atomic mass is 9.89. The standard InChI is InChI=1S/C58H117/c1-5-8-11-14-17-20-23-25-26-27-28-29-31-34-40-45-50-55-58(54-49-44-39-33-30-24-21-18-15-12-9-6-2)56-51-46-41-36-35-38-43-48-53-57(4)52-47-42-37-32-22-19-16-13-10-7-3/h36,57-58H,5-35,37-56H2,1-4H3. The fourth-order valence-corrected chi connectivity index (χ4v) is 9.81. The second-order valence-corrected chi connectivity index (χ2v) is 20.3. The first-order valence-corrected chi connectivity index (χ1v) is 28.6. The number of hydrogen-bond donors (Lipinski definition) is 0. The van der Waals surface area contributed by atoms with Crippen molar-refractivity contribution < 1.29 is 0 Å². The molecule has 0 aliphatic rings. The molecule has 0 aromatic heterocycles. The summed E-state index contributed by atoms with van der Waals surface area (Å²) < 4.78 is 0. The summed E-state index contributed by atoms with van der Waals surface area (Å²) in [7, 11) is 0. The first-order valence-electron chi connectivity index (χ1n) is 28.6. The molecule has 0 aromatic rings. The van der Waals surface area contributed by atoms with Gasteiger partial charge in [0.2, 0.25) is 0 Å². The first kappa shape index (κ1) is 58.0. The average molecular weight is 815 g/mol. The number of rotatable bonds is 53. The summed E-state index contributed by atoms with van der Waals surface area (Å²) in [6.07, 6.45) is 77.7. The largest absolute Gasteiger partial charge is 0.0654 e. The Morgan fingerprint density at radius 2 is 0.414 bits per heavy atom. The summed E-state index contributed by atoms with van der Waals surface area (Å²) in [6, 6.07) is 0. The summed E-state index contributed by atoms with van der Waals surface area (Å²) >= 11 is 0. The molecule has 58 heavy (non-hydrogen) atoms. The van der Waals surface area contributed by atoms with Gasteiger partial charge in [-0.2, -0.15) is 0 Å². The van der Waals surface area contributed by atoms with Gasteiger partial charge in [-0.05, 0) is 18.3 Å². The van der Waals surface area contributed by atoms with E-state index in [0.29, 0.717) is 0 Å². The van der Waals surface area contributed by atoms with Gasteiger partial charge >= 0.3 is 0 Å². The van der Waals surface area contributed by atoms with Crippen LogP contribution in [0, 0.1) is 18.3 Å². The molecule has 0 saturated heterocycles. The van der Waals surface area contributed by atoms with Crippen LogP contribution >= 0.6 is 0 Å². The maximum absolute atomic E-state index is 2.66. The van der Waals surface area contributed by atoms with E-state index >= 15 is 0 Å². The molecule has 2 atom stereocenters. The van der Waals surface area contributed by atoms with Crippen LogP contribution in [0.3, 0.4) is 0 Å². The van der Waals surface area contributed by atoms with Gasteiger partial charge in [0, 0.05) is 0 Å². The van der Waals surface area contributed by atoms with Crippen LogP contribution in [0.25, 0.3) is 0 Å². The Morgan fingerprint density at radius 1 is 0.224 bits per heavy atom. The van der Waals surface area contributed by atoms with Crippen molar-refractivity contribution >= 4 is 0 Å². The third-order valence-corrected chi connectivity index (χ3v) is 14.1. The van der Waals surface area contributed by atoms with Gasteiger partial charge in [-0.15, -0.1) is 0 Å². The molecule has 0 aromatic carbocycles. The fraction of sp³-hybridized carbons (Fsp3) is 0.983. The predicted octanol–water partition coefficient (Wildman–Crippen LogP) is 22.4. The Morgan fingerprint density at radius 3 is 0.690 bits per heavy atom. The molecule has 0 fully saturated rings. The summed E-state index contributed by atoms with van der Waals surface area (Å²) in [6.45, 7) is 9.48. The van der Waals surface area contributed by atoms with Gasteiger partial charge in [-0.3, -0.25) is 0 Å². The average Bonchev–Trinajstić information content (AvgIpc) is 3.23. The topological polar surface area (TPSA) is 0 Å². The molecule has 0 spiro atoms. The van der Waals surface area contributed by atoms with Gasteiger partial charge in [-0.1, -0.05) is 355 Å². The molecular weight excluding hydrogens is 697 g/mol. The molecule has 0 nitrogen and oxygen atoms in total. The smallest absolute Gasteiger partial charge is 0.0386 e. The zero-order valence-corrected chi connectivity index (χ0v) is 41.8. The lowest BCUT2D eigenvalue weighted by Gasteiger charge is -2.17. The van der Waals surface area contributed by atoms with Crippen molar-refractivity contribution in [3.8, 4) is 0 Å². The van der Waals surface area contributed by atoms with Crippen molar-refractivity contribution in [2.24, 2.45) is 11.8 Å². The van der Waals surface area contributed by atoms with Crippen LogP contribution in [0.4, 0.5) is 0 Å². The van der Waals surface area contributed by atoms with Crippen molar-refractivity contribution in [1.82, 2.24) is 0 Å². The van der Waals surface area contributed by atoms with Crippen LogP contribution < -0.4 is 0 Å². The van der Waals surface area contributed by atoms with Crippen molar-refractivity contribution in [2.75, 3.05) is 0 Å². The monoisotopic (exact) mass is 814 g/mol. The molecule has 2 unspecified atom stereocenters. The zero-order valence-electron chi connectivity index (χ0n) is 41.8. The molecule has 0 aliphatic carbocycles. The van der Waals surface area contributed by atoms with E-state index in [1.165, 1.54) is 327 Å². The summed E-state index contributed by atoms with van der Waals surface area (Å²) in [5.74, 6) is 1.96. The Kier molecular flexibility index (Phi) is 53.1. The maximum Gasteiger partial charge on any atom is -0.0386 e. The molecule has 0 aliphatic heterocycles. The van der Waals surface area contributed by atoms with Gasteiger partial charge in [0.25, 0.3) is 0 Å². The van der Waals surface area contributed by atoms with Gasteiger partial charge in [-0.25, -0.2) is 0 Å². The SMILES string of the molecule is CCCCCCCCCCCCCCCCCCCC(CCCC[CH]CCCCCC(C)CCCCCCCCCCCC)CCCCCCCCCCCCCC. The van der Waals surface area contributed by atoms with Crippen LogP contribution in [0.1, 0.15) is 355 Å². The Hall–Kier alpha value is 0. The minimum atomic E-state index is 0.949. The van der Waals surface area contributed by atoms with Gasteiger partial charge in [0.05, 0.1) is 0 Å². The molecule has 0 heterocycles. The van der Waals surface area contributed by atoms with E-state index in [1.54, 1.807) is 0 Å². The van der Waals surface area contributed by atoms with Gasteiger partial charge < -0.3 is 0 Å². The van der Waals surface area contributed by atoms with Crippen molar-refractivity contribution in [1.29, 1.82) is 0 Å². The van der Waals surface area contributed by atoms with Crippen LogP contribution in [0.5, 0.6) is 0 Å². The molecule has 0 saturated carbocycles. The quantitative estimate of drug-likeness (QED) is 0.0537. The molecule has 0 amide bonds. The van der Waals surface area contributed by atoms with Crippen LogP contribution in [-0.2, 0) is 0 Å². The molecule has 1 radical (unpaired) electrons. The maximum atomic E-state index is 2.66. The van der Waals surface area contributed by atoms with Crippen LogP contribution in [0.2, 0.25) is 0 Å². The highest BCUT2D eigenvalue weighted by Gasteiger charge is 2.09. The van der Waals surface area contributed by atoms with E-state index in [0.717, 1.165) is 11.8 Å². The first-order chi connectivity index (χ1) is 28.7. The zero-order chi connectivity index (χ0) is 41.9. The van der Waals surface area contributed by atoms with E-state index in [1.807, 2.05) is 0 Å². The summed E-state index contributed by atoms with van der Waals surface area (Å²) in [5.41, 5.74) is 0. The third-order valence-electron chi connectivity index (χ3n) is 14.1. The lowest BCUT2D eigenvalue weighted by molar-refractivity contribution is 0.367. The normalized spacial score (nSPS) is 12.8. The summed E-state index contributed by atoms with van der Waals surface area (Å²) in [4.78, 5) is 0. The van der Waals surface area contributed by atoms with E-state index < -0.39 is 0 Å². The number of hydrogen-bond acceptors (Lipinski definition) is 0. The fourth-order valence-electron chi connectivity index (χ4n) is 9.81. The van der Waals surface area contributed by atoms with Crippen LogP contribution in [-0.4, -0.2) is 0 Å². The molecular formula is C58H117. The van der Waals surface area contributed by atoms with Gasteiger partial charge in [0.1, 0.15) is 0 Å². The summed E-state index contributed by atoms with van der Waals surface area (Å²) in [5, 5.41) is 0. The minimum absolute atomic E-state index is 0.949. The van der Waals surface area contributed by atoms with Crippen molar-refractivity contribution in [2.45, 2.75) is 355 Å². The van der Waals surface area contributed by atoms with E-state index in [2.05, 4.69) is 34.1 Å². The van der Waals surface area contributed by atoms with Crippen LogP contribution in [0.15, 0.2) is 0 Å². The third kappa shape index (κ3) is 50.4. The Labute approximate surface area is 372 Å². The minimum Gasteiger partial charge on any atom is -0.0654 e. The Bertz CT molecular complexity index is 680. The molecule has 0 bridgehead atoms. The lowest BCUT2D eigenvalue weighted by Crippen LogP contribution is -2.02. The number of unbranched alkanes of at least 4 members (excludes halogenated alkanes) is 43. The van der Waals surface area contributed by atoms with E-state index in [4.69, 9.17) is 0 Å². The van der Waals surface area contributed by atoms with Crippen molar-refractivity contribution in [3.63, 3.8) is 0 Å².